The topological polar surface area (TPSA) is 112 Å². The number of ether oxygens (including phenoxy) is 1. The van der Waals surface area contributed by atoms with Crippen molar-refractivity contribution in [2.45, 2.75) is 4.90 Å². The summed E-state index contributed by atoms with van der Waals surface area (Å²) in [4.78, 5) is 30.8. The van der Waals surface area contributed by atoms with Gasteiger partial charge in [0.15, 0.2) is 0 Å². The number of rotatable bonds is 7. The molecular weight excluding hydrogens is 524 g/mol. The number of hydrogen-bond donors (Lipinski definition) is 2. The van der Waals surface area contributed by atoms with Crippen molar-refractivity contribution in [2.24, 2.45) is 0 Å². The van der Waals surface area contributed by atoms with E-state index >= 15 is 0 Å². The van der Waals surface area contributed by atoms with Gasteiger partial charge in [0.25, 0.3) is 15.9 Å². The molecule has 1 amide bonds. The van der Waals surface area contributed by atoms with Crippen molar-refractivity contribution < 1.29 is 17.9 Å². The lowest BCUT2D eigenvalue weighted by Gasteiger charge is -2.26. The molecule has 4 rings (SSSR count). The van der Waals surface area contributed by atoms with Crippen LogP contribution in [0.25, 0.3) is 10.9 Å². The number of aromatic nitrogens is 1. The smallest absolute Gasteiger partial charge is 0.264 e. The molecule has 3 aromatic rings. The predicted molar refractivity (Wildman–Crippen MR) is 134 cm³/mol. The number of amides is 1. The average Bonchev–Trinajstić information content (AvgIpc) is 2.84. The molecule has 9 nitrogen and oxygen atoms in total. The number of pyridine rings is 1. The van der Waals surface area contributed by atoms with E-state index in [1.807, 2.05) is 0 Å². The molecule has 2 heterocycles. The molecule has 1 aliphatic rings. The van der Waals surface area contributed by atoms with E-state index in [4.69, 9.17) is 4.74 Å². The van der Waals surface area contributed by atoms with Gasteiger partial charge in [-0.15, -0.1) is 0 Å². The fourth-order valence-electron chi connectivity index (χ4n) is 3.72. The van der Waals surface area contributed by atoms with E-state index in [0.717, 1.165) is 21.9 Å². The Hall–Kier alpha value is -2.73. The summed E-state index contributed by atoms with van der Waals surface area (Å²) in [6.45, 7) is 3.99. The number of carbonyl (C=O) groups is 1. The van der Waals surface area contributed by atoms with Crippen LogP contribution >= 0.6 is 15.9 Å². The molecule has 2 N–H and O–H groups in total. The van der Waals surface area contributed by atoms with Crippen molar-refractivity contribution in [2.75, 3.05) is 50.7 Å². The number of H-pyrrole nitrogens is 1. The second-order valence-corrected chi connectivity index (χ2v) is 10.8. The number of carbonyl (C=O) groups excluding carboxylic acids is 1. The predicted octanol–water partition coefficient (Wildman–Crippen LogP) is 2.18. The normalized spacial score (nSPS) is 14.8. The zero-order chi connectivity index (χ0) is 24.3. The number of morpholine rings is 1. The third-order valence-electron chi connectivity index (χ3n) is 5.76. The first kappa shape index (κ1) is 24.4. The van der Waals surface area contributed by atoms with E-state index in [9.17, 15) is 18.0 Å². The summed E-state index contributed by atoms with van der Waals surface area (Å²) < 4.78 is 33.7. The molecule has 1 fully saturated rings. The summed E-state index contributed by atoms with van der Waals surface area (Å²) in [5.74, 6) is -0.503. The van der Waals surface area contributed by atoms with Crippen LogP contribution in [0, 0.1) is 0 Å². The standard InChI is InChI=1S/C23H25BrN4O5S/c1-27(17-4-2-16(24)3-5-17)34(31,32)18-6-7-21-19(14-18)22(29)20(15-26-21)23(30)25-8-9-28-10-12-33-13-11-28/h2-7,14-15H,8-13H2,1H3,(H,25,30)(H,26,29). The zero-order valence-electron chi connectivity index (χ0n) is 18.6. The highest BCUT2D eigenvalue weighted by atomic mass is 79.9. The number of benzene rings is 2. The highest BCUT2D eigenvalue weighted by Gasteiger charge is 2.23. The van der Waals surface area contributed by atoms with Crippen molar-refractivity contribution in [3.8, 4) is 0 Å². The molecule has 2 aromatic carbocycles. The highest BCUT2D eigenvalue weighted by molar-refractivity contribution is 9.10. The van der Waals surface area contributed by atoms with Crippen LogP contribution in [0.1, 0.15) is 10.4 Å². The Morgan fingerprint density at radius 3 is 2.59 bits per heavy atom. The monoisotopic (exact) mass is 548 g/mol. The van der Waals surface area contributed by atoms with E-state index in [1.54, 1.807) is 24.3 Å². The van der Waals surface area contributed by atoms with Crippen LogP contribution in [0.4, 0.5) is 5.69 Å². The number of aromatic amines is 1. The fraction of sp³-hybridized carbons (Fsp3) is 0.304. The Labute approximate surface area is 205 Å². The number of hydrogen-bond acceptors (Lipinski definition) is 6. The molecule has 0 radical (unpaired) electrons. The maximum Gasteiger partial charge on any atom is 0.264 e. The SMILES string of the molecule is CN(c1ccc(Br)cc1)S(=O)(=O)c1ccc2[nH]cc(C(=O)NCCN3CCOCC3)c(=O)c2c1. The Morgan fingerprint density at radius 1 is 1.18 bits per heavy atom. The van der Waals surface area contributed by atoms with Gasteiger partial charge in [0, 0.05) is 54.8 Å². The van der Waals surface area contributed by atoms with E-state index in [-0.39, 0.29) is 15.8 Å². The molecule has 0 spiro atoms. The highest BCUT2D eigenvalue weighted by Crippen LogP contribution is 2.25. The molecule has 11 heteroatoms. The van der Waals surface area contributed by atoms with Crippen LogP contribution in [0.3, 0.4) is 0 Å². The average molecular weight is 549 g/mol. The molecule has 34 heavy (non-hydrogen) atoms. The number of nitrogens with one attached hydrogen (secondary N) is 2. The van der Waals surface area contributed by atoms with Crippen molar-refractivity contribution in [1.82, 2.24) is 15.2 Å². The minimum atomic E-state index is -3.92. The van der Waals surface area contributed by atoms with Crippen LogP contribution in [0.2, 0.25) is 0 Å². The summed E-state index contributed by atoms with van der Waals surface area (Å²) in [6.07, 6.45) is 1.36. The summed E-state index contributed by atoms with van der Waals surface area (Å²) in [7, 11) is -2.47. The van der Waals surface area contributed by atoms with Crippen molar-refractivity contribution in [1.29, 1.82) is 0 Å². The Balaban J connectivity index is 1.56. The van der Waals surface area contributed by atoms with Crippen LogP contribution in [0.5, 0.6) is 0 Å². The lowest BCUT2D eigenvalue weighted by molar-refractivity contribution is 0.0383. The number of fused-ring (bicyclic) bond motifs is 1. The van der Waals surface area contributed by atoms with E-state index in [0.29, 0.717) is 37.5 Å². The number of halogens is 1. The van der Waals surface area contributed by atoms with E-state index in [1.165, 1.54) is 31.4 Å². The number of sulfonamides is 1. The van der Waals surface area contributed by atoms with Crippen LogP contribution in [-0.4, -0.2) is 70.6 Å². The maximum absolute atomic E-state index is 13.2. The van der Waals surface area contributed by atoms with Gasteiger partial charge in [-0.05, 0) is 42.5 Å². The molecule has 0 bridgehead atoms. The van der Waals surface area contributed by atoms with Crippen LogP contribution < -0.4 is 15.1 Å². The quantitative estimate of drug-likeness (QED) is 0.468. The third-order valence-corrected chi connectivity index (χ3v) is 8.07. The van der Waals surface area contributed by atoms with Gasteiger partial charge in [0.05, 0.1) is 23.8 Å². The molecule has 0 aliphatic carbocycles. The Kier molecular flexibility index (Phi) is 7.36. The lowest BCUT2D eigenvalue weighted by atomic mass is 10.1. The molecular formula is C23H25BrN4O5S. The second kappa shape index (κ2) is 10.3. The molecule has 1 aliphatic heterocycles. The van der Waals surface area contributed by atoms with Gasteiger partial charge in [0.2, 0.25) is 5.43 Å². The minimum absolute atomic E-state index is 0.0409. The van der Waals surface area contributed by atoms with E-state index < -0.39 is 21.4 Å². The molecule has 0 saturated carbocycles. The van der Waals surface area contributed by atoms with Gasteiger partial charge in [-0.2, -0.15) is 0 Å². The van der Waals surface area contributed by atoms with Crippen LogP contribution in [0.15, 0.2) is 62.8 Å². The van der Waals surface area contributed by atoms with Crippen molar-refractivity contribution in [3.05, 3.63) is 68.9 Å². The first-order valence-electron chi connectivity index (χ1n) is 10.8. The van der Waals surface area contributed by atoms with Gasteiger partial charge in [-0.3, -0.25) is 18.8 Å². The summed E-state index contributed by atoms with van der Waals surface area (Å²) in [6, 6.07) is 11.1. The molecule has 0 unspecified atom stereocenters. The van der Waals surface area contributed by atoms with Crippen molar-refractivity contribution >= 4 is 48.5 Å². The van der Waals surface area contributed by atoms with Gasteiger partial charge < -0.3 is 15.0 Å². The lowest BCUT2D eigenvalue weighted by Crippen LogP contribution is -2.41. The summed E-state index contributed by atoms with van der Waals surface area (Å²) in [5.41, 5.74) is 0.331. The molecule has 0 atom stereocenters. The summed E-state index contributed by atoms with van der Waals surface area (Å²) >= 11 is 3.33. The largest absolute Gasteiger partial charge is 0.379 e. The maximum atomic E-state index is 13.2. The Morgan fingerprint density at radius 2 is 1.88 bits per heavy atom. The molecule has 180 valence electrons. The Bertz CT molecular complexity index is 1350. The zero-order valence-corrected chi connectivity index (χ0v) is 21.0. The van der Waals surface area contributed by atoms with Crippen LogP contribution in [-0.2, 0) is 14.8 Å². The van der Waals surface area contributed by atoms with Crippen molar-refractivity contribution in [3.63, 3.8) is 0 Å². The van der Waals surface area contributed by atoms with Gasteiger partial charge in [-0.25, -0.2) is 8.42 Å². The van der Waals surface area contributed by atoms with Gasteiger partial charge in [-0.1, -0.05) is 15.9 Å². The molecule has 1 saturated heterocycles. The van der Waals surface area contributed by atoms with Gasteiger partial charge in [0.1, 0.15) is 5.56 Å². The summed E-state index contributed by atoms with van der Waals surface area (Å²) in [5, 5.41) is 2.90. The number of anilines is 1. The first-order valence-corrected chi connectivity index (χ1v) is 13.0. The second-order valence-electron chi connectivity index (χ2n) is 7.90. The minimum Gasteiger partial charge on any atom is -0.379 e. The van der Waals surface area contributed by atoms with E-state index in [2.05, 4.69) is 31.1 Å². The van der Waals surface area contributed by atoms with Gasteiger partial charge >= 0.3 is 0 Å². The third kappa shape index (κ3) is 5.17. The first-order chi connectivity index (χ1) is 16.3. The molecule has 1 aromatic heterocycles. The fourth-order valence-corrected chi connectivity index (χ4v) is 5.21. The number of nitrogens with zero attached hydrogens (tertiary/aromatic N) is 2.